The first kappa shape index (κ1) is 19.7. The Morgan fingerprint density at radius 3 is 2.76 bits per heavy atom. The first-order valence-electron chi connectivity index (χ1n) is 9.67. The third-order valence-corrected chi connectivity index (χ3v) is 5.83. The van der Waals surface area contributed by atoms with Crippen LogP contribution in [0.3, 0.4) is 0 Å². The lowest BCUT2D eigenvalue weighted by Gasteiger charge is -2.41. The van der Waals surface area contributed by atoms with Gasteiger partial charge in [0.15, 0.2) is 5.82 Å². The fourth-order valence-corrected chi connectivity index (χ4v) is 4.04. The number of nitrogens with zero attached hydrogens (tertiary/aromatic N) is 4. The highest BCUT2D eigenvalue weighted by Crippen LogP contribution is 2.25. The van der Waals surface area contributed by atoms with Crippen molar-refractivity contribution in [2.45, 2.75) is 13.0 Å². The quantitative estimate of drug-likeness (QED) is 0.832. The fourth-order valence-electron chi connectivity index (χ4n) is 3.87. The maximum absolute atomic E-state index is 14.2. The highest BCUT2D eigenvalue weighted by Gasteiger charge is 2.30. The molecule has 2 aliphatic heterocycles. The largest absolute Gasteiger partial charge is 0.336 e. The van der Waals surface area contributed by atoms with E-state index in [1.54, 1.807) is 17.2 Å². The Balaban J connectivity index is 1.42. The number of amides is 1. The first-order valence-corrected chi connectivity index (χ1v) is 10.0. The van der Waals surface area contributed by atoms with E-state index in [1.165, 1.54) is 17.8 Å². The molecule has 0 spiro atoms. The molecule has 1 aromatic carbocycles. The number of hydrogen-bond donors (Lipinski definition) is 1. The van der Waals surface area contributed by atoms with E-state index >= 15 is 0 Å². The van der Waals surface area contributed by atoms with Crippen molar-refractivity contribution in [2.24, 2.45) is 0 Å². The Labute approximate surface area is 174 Å². The zero-order chi connectivity index (χ0) is 20.4. The lowest BCUT2D eigenvalue weighted by atomic mass is 10.1. The van der Waals surface area contributed by atoms with Crippen LogP contribution in [0.1, 0.15) is 17.3 Å². The van der Waals surface area contributed by atoms with E-state index in [2.05, 4.69) is 45.1 Å². The number of anilines is 1. The topological polar surface area (TPSA) is 55.5 Å². The number of piperazine rings is 1. The molecule has 0 saturated carbocycles. The summed E-state index contributed by atoms with van der Waals surface area (Å²) in [5, 5.41) is 7.06. The van der Waals surface area contributed by atoms with Gasteiger partial charge < -0.3 is 9.80 Å². The SMILES string of the molecule is CC(C1=CC=CCN1c1ccn[nH]1)N1CCN(C(=O)c2cccc(Cl)c2F)CC1. The van der Waals surface area contributed by atoms with E-state index in [-0.39, 0.29) is 22.5 Å². The average molecular weight is 416 g/mol. The lowest BCUT2D eigenvalue weighted by Crippen LogP contribution is -2.53. The van der Waals surface area contributed by atoms with Crippen molar-refractivity contribution in [2.75, 3.05) is 37.6 Å². The van der Waals surface area contributed by atoms with Gasteiger partial charge in [-0.15, -0.1) is 0 Å². The predicted octanol–water partition coefficient (Wildman–Crippen LogP) is 3.31. The summed E-state index contributed by atoms with van der Waals surface area (Å²) in [4.78, 5) is 19.0. The van der Waals surface area contributed by atoms with Crippen LogP contribution in [-0.2, 0) is 0 Å². The molecule has 4 rings (SSSR count). The highest BCUT2D eigenvalue weighted by molar-refractivity contribution is 6.31. The summed E-state index contributed by atoms with van der Waals surface area (Å²) >= 11 is 5.83. The number of benzene rings is 1. The molecule has 1 atom stereocenters. The molecule has 1 unspecified atom stereocenters. The van der Waals surface area contributed by atoms with Crippen LogP contribution in [0.25, 0.3) is 0 Å². The van der Waals surface area contributed by atoms with E-state index in [9.17, 15) is 9.18 Å². The Morgan fingerprint density at radius 2 is 2.03 bits per heavy atom. The van der Waals surface area contributed by atoms with Crippen molar-refractivity contribution in [3.05, 3.63) is 70.8 Å². The van der Waals surface area contributed by atoms with Crippen molar-refractivity contribution in [3.63, 3.8) is 0 Å². The predicted molar refractivity (Wildman–Crippen MR) is 112 cm³/mol. The molecule has 0 bridgehead atoms. The van der Waals surface area contributed by atoms with Crippen molar-refractivity contribution in [1.82, 2.24) is 20.0 Å². The van der Waals surface area contributed by atoms with Gasteiger partial charge in [-0.05, 0) is 25.1 Å². The second kappa shape index (κ2) is 8.39. The molecule has 8 heteroatoms. The average Bonchev–Trinajstić information content (AvgIpc) is 3.30. The number of hydrogen-bond acceptors (Lipinski definition) is 4. The Bertz CT molecular complexity index is 935. The number of allylic oxidation sites excluding steroid dienone is 2. The van der Waals surface area contributed by atoms with Crippen LogP contribution in [0.15, 0.2) is 54.4 Å². The number of nitrogens with one attached hydrogen (secondary N) is 1. The Kier molecular flexibility index (Phi) is 5.69. The molecule has 0 aliphatic carbocycles. The number of H-pyrrole nitrogens is 1. The summed E-state index contributed by atoms with van der Waals surface area (Å²) in [6, 6.07) is 6.66. The lowest BCUT2D eigenvalue weighted by molar-refractivity contribution is 0.0600. The molecular weight excluding hydrogens is 393 g/mol. The van der Waals surface area contributed by atoms with Crippen LogP contribution >= 0.6 is 11.6 Å². The number of carbonyl (C=O) groups is 1. The molecular formula is C21H23ClFN5O. The monoisotopic (exact) mass is 415 g/mol. The number of aromatic amines is 1. The summed E-state index contributed by atoms with van der Waals surface area (Å²) in [6.07, 6.45) is 8.04. The van der Waals surface area contributed by atoms with Gasteiger partial charge in [-0.2, -0.15) is 5.10 Å². The van der Waals surface area contributed by atoms with Crippen molar-refractivity contribution in [1.29, 1.82) is 0 Å². The smallest absolute Gasteiger partial charge is 0.256 e. The summed E-state index contributed by atoms with van der Waals surface area (Å²) < 4.78 is 14.2. The minimum absolute atomic E-state index is 0.0284. The van der Waals surface area contributed by atoms with E-state index in [4.69, 9.17) is 11.6 Å². The molecule has 29 heavy (non-hydrogen) atoms. The number of carbonyl (C=O) groups excluding carboxylic acids is 1. The van der Waals surface area contributed by atoms with Gasteiger partial charge in [-0.1, -0.05) is 29.8 Å². The summed E-state index contributed by atoms with van der Waals surface area (Å²) in [5.41, 5.74) is 1.21. The van der Waals surface area contributed by atoms with Crippen LogP contribution < -0.4 is 4.90 Å². The van der Waals surface area contributed by atoms with E-state index in [1.807, 2.05) is 6.07 Å². The molecule has 6 nitrogen and oxygen atoms in total. The minimum Gasteiger partial charge on any atom is -0.336 e. The molecule has 1 aromatic heterocycles. The summed E-state index contributed by atoms with van der Waals surface area (Å²) in [6.45, 7) is 5.47. The second-order valence-electron chi connectivity index (χ2n) is 7.18. The van der Waals surface area contributed by atoms with Gasteiger partial charge in [0.05, 0.1) is 16.8 Å². The van der Waals surface area contributed by atoms with Gasteiger partial charge in [-0.25, -0.2) is 4.39 Å². The molecule has 3 heterocycles. The van der Waals surface area contributed by atoms with Gasteiger partial charge >= 0.3 is 0 Å². The van der Waals surface area contributed by atoms with Crippen LogP contribution in [0.5, 0.6) is 0 Å². The zero-order valence-electron chi connectivity index (χ0n) is 16.2. The molecule has 0 radical (unpaired) electrons. The Morgan fingerprint density at radius 1 is 1.24 bits per heavy atom. The molecule has 1 N–H and O–H groups in total. The maximum Gasteiger partial charge on any atom is 0.256 e. The summed E-state index contributed by atoms with van der Waals surface area (Å²) in [5.74, 6) is -0.00166. The summed E-state index contributed by atoms with van der Waals surface area (Å²) in [7, 11) is 0. The maximum atomic E-state index is 14.2. The van der Waals surface area contributed by atoms with Gasteiger partial charge in [0.2, 0.25) is 0 Å². The van der Waals surface area contributed by atoms with Gasteiger partial charge in [0.1, 0.15) is 5.82 Å². The standard InChI is InChI=1S/C21H23ClFN5O/c1-15(18-7-2-3-10-28(18)19-8-9-24-25-19)26-11-13-27(14-12-26)21(29)16-5-4-6-17(22)20(16)23/h2-9,15H,10-14H2,1H3,(H,24,25). The van der Waals surface area contributed by atoms with Crippen LogP contribution in [-0.4, -0.2) is 64.7 Å². The minimum atomic E-state index is -0.649. The third kappa shape index (κ3) is 3.93. The first-order chi connectivity index (χ1) is 14.1. The number of aromatic nitrogens is 2. The molecule has 1 saturated heterocycles. The number of rotatable bonds is 4. The zero-order valence-corrected chi connectivity index (χ0v) is 16.9. The highest BCUT2D eigenvalue weighted by atomic mass is 35.5. The van der Waals surface area contributed by atoms with E-state index in [0.29, 0.717) is 26.2 Å². The molecule has 2 aliphatic rings. The Hall–Kier alpha value is -2.64. The second-order valence-corrected chi connectivity index (χ2v) is 7.58. The fraction of sp³-hybridized carbons (Fsp3) is 0.333. The van der Waals surface area contributed by atoms with Gasteiger partial charge in [0, 0.05) is 50.5 Å². The van der Waals surface area contributed by atoms with Crippen LogP contribution in [0.2, 0.25) is 5.02 Å². The molecule has 2 aromatic rings. The van der Waals surface area contributed by atoms with Crippen LogP contribution in [0, 0.1) is 5.82 Å². The van der Waals surface area contributed by atoms with Gasteiger partial charge in [0.25, 0.3) is 5.91 Å². The van der Waals surface area contributed by atoms with Crippen molar-refractivity contribution >= 4 is 23.3 Å². The molecule has 152 valence electrons. The van der Waals surface area contributed by atoms with Gasteiger partial charge in [-0.3, -0.25) is 14.8 Å². The number of halogens is 2. The van der Waals surface area contributed by atoms with E-state index in [0.717, 1.165) is 12.4 Å². The van der Waals surface area contributed by atoms with E-state index < -0.39 is 5.82 Å². The normalized spacial score (nSPS) is 18.7. The third-order valence-electron chi connectivity index (χ3n) is 5.54. The molecule has 1 fully saturated rings. The van der Waals surface area contributed by atoms with Crippen LogP contribution in [0.4, 0.5) is 10.2 Å². The van der Waals surface area contributed by atoms with Crippen molar-refractivity contribution < 1.29 is 9.18 Å². The molecule has 1 amide bonds. The van der Waals surface area contributed by atoms with Crippen molar-refractivity contribution in [3.8, 4) is 0 Å².